The summed E-state index contributed by atoms with van der Waals surface area (Å²) in [5, 5.41) is 6.25. The van der Waals surface area contributed by atoms with Crippen LogP contribution in [-0.4, -0.2) is 29.9 Å². The van der Waals surface area contributed by atoms with E-state index in [2.05, 4.69) is 27.8 Å². The maximum absolute atomic E-state index is 14.0. The third-order valence-corrected chi connectivity index (χ3v) is 5.14. The molecule has 5 nitrogen and oxygen atoms in total. The smallest absolute Gasteiger partial charge is 0.223 e. The van der Waals surface area contributed by atoms with Crippen molar-refractivity contribution in [3.05, 3.63) is 70.8 Å². The third kappa shape index (κ3) is 6.88. The first-order valence-electron chi connectivity index (χ1n) is 10.3. The molecule has 0 radical (unpaired) electrons. The van der Waals surface area contributed by atoms with Crippen LogP contribution < -0.4 is 10.6 Å². The van der Waals surface area contributed by atoms with Crippen LogP contribution in [0, 0.1) is 11.6 Å². The van der Waals surface area contributed by atoms with E-state index < -0.39 is 11.6 Å². The Morgan fingerprint density at radius 3 is 2.45 bits per heavy atom. The Hall–Kier alpha value is -2.23. The molecule has 168 valence electrons. The van der Waals surface area contributed by atoms with E-state index in [1.54, 1.807) is 6.92 Å². The first kappa shape index (κ1) is 25.0. The zero-order chi connectivity index (χ0) is 21.5. The van der Waals surface area contributed by atoms with Crippen molar-refractivity contribution in [2.75, 3.05) is 13.1 Å². The van der Waals surface area contributed by atoms with E-state index in [4.69, 9.17) is 0 Å². The fourth-order valence-electron chi connectivity index (χ4n) is 3.54. The summed E-state index contributed by atoms with van der Waals surface area (Å²) in [6.45, 7) is 6.19. The van der Waals surface area contributed by atoms with Gasteiger partial charge in [0, 0.05) is 44.2 Å². The highest BCUT2D eigenvalue weighted by atomic mass is 127. The summed E-state index contributed by atoms with van der Waals surface area (Å²) in [5.41, 5.74) is 2.79. The zero-order valence-corrected chi connectivity index (χ0v) is 20.2. The number of carbonyl (C=O) groups is 1. The van der Waals surface area contributed by atoms with Crippen molar-refractivity contribution in [2.45, 2.75) is 45.8 Å². The Morgan fingerprint density at radius 1 is 1.16 bits per heavy atom. The number of hydrogen-bond acceptors (Lipinski definition) is 2. The standard InChI is InChI=1S/C23H28F2N4O.HI/c1-3-26-23(28-16(2)20-11-10-19(24)13-21(20)25)27-12-6-9-22(30)29-14-17-7-4-5-8-18(17)15-29;/h4-5,7-8,10-11,13,16H,3,6,9,12,14-15H2,1-2H3,(H2,26,27,28);1H. The van der Waals surface area contributed by atoms with Crippen molar-refractivity contribution in [1.29, 1.82) is 0 Å². The van der Waals surface area contributed by atoms with Crippen LogP contribution >= 0.6 is 24.0 Å². The van der Waals surface area contributed by atoms with Gasteiger partial charge in [-0.2, -0.15) is 0 Å². The second kappa shape index (κ2) is 12.0. The lowest BCUT2D eigenvalue weighted by molar-refractivity contribution is -0.131. The molecule has 1 atom stereocenters. The molecule has 2 N–H and O–H groups in total. The Labute approximate surface area is 199 Å². The monoisotopic (exact) mass is 542 g/mol. The highest BCUT2D eigenvalue weighted by molar-refractivity contribution is 14.0. The van der Waals surface area contributed by atoms with Crippen molar-refractivity contribution in [3.63, 3.8) is 0 Å². The number of fused-ring (bicyclic) bond motifs is 1. The minimum absolute atomic E-state index is 0. The number of nitrogens with zero attached hydrogens (tertiary/aromatic N) is 2. The molecule has 0 saturated carbocycles. The van der Waals surface area contributed by atoms with E-state index in [-0.39, 0.29) is 35.9 Å². The van der Waals surface area contributed by atoms with Crippen LogP contribution in [0.2, 0.25) is 0 Å². The molecule has 1 aliphatic heterocycles. The van der Waals surface area contributed by atoms with Gasteiger partial charge in [0.2, 0.25) is 5.91 Å². The fourth-order valence-corrected chi connectivity index (χ4v) is 3.54. The lowest BCUT2D eigenvalue weighted by Gasteiger charge is -2.19. The van der Waals surface area contributed by atoms with Gasteiger partial charge in [-0.05, 0) is 37.5 Å². The minimum atomic E-state index is -0.602. The molecule has 1 heterocycles. The Kier molecular flexibility index (Phi) is 9.67. The number of hydrogen-bond donors (Lipinski definition) is 2. The largest absolute Gasteiger partial charge is 0.357 e. The van der Waals surface area contributed by atoms with Gasteiger partial charge in [-0.25, -0.2) is 8.78 Å². The number of rotatable bonds is 7. The number of guanidine groups is 1. The molecule has 1 amide bonds. The summed E-state index contributed by atoms with van der Waals surface area (Å²) in [4.78, 5) is 18.8. The molecule has 0 spiro atoms. The predicted octanol–water partition coefficient (Wildman–Crippen LogP) is 4.52. The van der Waals surface area contributed by atoms with Crippen LogP contribution in [0.4, 0.5) is 8.78 Å². The van der Waals surface area contributed by atoms with E-state index >= 15 is 0 Å². The van der Waals surface area contributed by atoms with Crippen molar-refractivity contribution in [1.82, 2.24) is 15.5 Å². The second-order valence-corrected chi connectivity index (χ2v) is 7.41. The summed E-state index contributed by atoms with van der Waals surface area (Å²) >= 11 is 0. The van der Waals surface area contributed by atoms with Crippen molar-refractivity contribution < 1.29 is 13.6 Å². The molecule has 1 unspecified atom stereocenters. The molecule has 0 saturated heterocycles. The topological polar surface area (TPSA) is 56.7 Å². The maximum atomic E-state index is 14.0. The van der Waals surface area contributed by atoms with Crippen molar-refractivity contribution in [3.8, 4) is 0 Å². The summed E-state index contributed by atoms with van der Waals surface area (Å²) in [6, 6.07) is 11.3. The van der Waals surface area contributed by atoms with Crippen molar-refractivity contribution in [2.24, 2.45) is 4.99 Å². The Morgan fingerprint density at radius 2 is 1.84 bits per heavy atom. The van der Waals surface area contributed by atoms with Gasteiger partial charge in [0.25, 0.3) is 0 Å². The summed E-state index contributed by atoms with van der Waals surface area (Å²) < 4.78 is 27.1. The van der Waals surface area contributed by atoms with Gasteiger partial charge in [-0.3, -0.25) is 9.79 Å². The molecule has 0 aliphatic carbocycles. The number of halogens is 3. The maximum Gasteiger partial charge on any atom is 0.223 e. The Balaban J connectivity index is 0.00000341. The van der Waals surface area contributed by atoms with Gasteiger partial charge < -0.3 is 15.5 Å². The van der Waals surface area contributed by atoms with Crippen LogP contribution in [0.15, 0.2) is 47.5 Å². The van der Waals surface area contributed by atoms with Gasteiger partial charge in [0.1, 0.15) is 11.6 Å². The average molecular weight is 542 g/mol. The summed E-state index contributed by atoms with van der Waals surface area (Å²) in [6.07, 6.45) is 1.06. The molecular weight excluding hydrogens is 513 g/mol. The van der Waals surface area contributed by atoms with Crippen LogP contribution in [-0.2, 0) is 17.9 Å². The highest BCUT2D eigenvalue weighted by Gasteiger charge is 2.22. The van der Waals surface area contributed by atoms with E-state index in [1.165, 1.54) is 23.3 Å². The molecule has 3 rings (SSSR count). The quantitative estimate of drug-likeness (QED) is 0.234. The van der Waals surface area contributed by atoms with Crippen LogP contribution in [0.5, 0.6) is 0 Å². The van der Waals surface area contributed by atoms with E-state index in [9.17, 15) is 13.6 Å². The molecule has 31 heavy (non-hydrogen) atoms. The number of nitrogens with one attached hydrogen (secondary N) is 2. The number of carbonyl (C=O) groups excluding carboxylic acids is 1. The molecular formula is C23H29F2IN4O. The Bertz CT molecular complexity index is 897. The number of amides is 1. The van der Waals surface area contributed by atoms with Crippen LogP contribution in [0.25, 0.3) is 0 Å². The lowest BCUT2D eigenvalue weighted by atomic mass is 10.1. The molecule has 2 aromatic carbocycles. The minimum Gasteiger partial charge on any atom is -0.357 e. The first-order valence-corrected chi connectivity index (χ1v) is 10.3. The summed E-state index contributed by atoms with van der Waals surface area (Å²) in [7, 11) is 0. The average Bonchev–Trinajstić information content (AvgIpc) is 3.15. The fraction of sp³-hybridized carbons (Fsp3) is 0.391. The van der Waals surface area contributed by atoms with Gasteiger partial charge in [-0.1, -0.05) is 30.3 Å². The van der Waals surface area contributed by atoms with Crippen molar-refractivity contribution >= 4 is 35.8 Å². The van der Waals surface area contributed by atoms with Gasteiger partial charge in [-0.15, -0.1) is 24.0 Å². The normalized spacial score (nSPS) is 13.9. The van der Waals surface area contributed by atoms with Crippen LogP contribution in [0.1, 0.15) is 49.4 Å². The molecule has 8 heteroatoms. The molecule has 0 bridgehead atoms. The molecule has 0 fully saturated rings. The van der Waals surface area contributed by atoms with E-state index in [0.29, 0.717) is 50.5 Å². The van der Waals surface area contributed by atoms with Gasteiger partial charge in [0.05, 0.1) is 6.04 Å². The zero-order valence-electron chi connectivity index (χ0n) is 17.8. The van der Waals surface area contributed by atoms with Crippen LogP contribution in [0.3, 0.4) is 0 Å². The third-order valence-electron chi connectivity index (χ3n) is 5.14. The van der Waals surface area contributed by atoms with E-state index in [1.807, 2.05) is 24.0 Å². The SMILES string of the molecule is CCNC(=NCCCC(=O)N1Cc2ccccc2C1)NC(C)c1ccc(F)cc1F.I. The number of benzene rings is 2. The molecule has 2 aromatic rings. The molecule has 1 aliphatic rings. The van der Waals surface area contributed by atoms with E-state index in [0.717, 1.165) is 6.07 Å². The summed E-state index contributed by atoms with van der Waals surface area (Å²) in [5.74, 6) is -0.534. The van der Waals surface area contributed by atoms with Gasteiger partial charge >= 0.3 is 0 Å². The first-order chi connectivity index (χ1) is 14.5. The highest BCUT2D eigenvalue weighted by Crippen LogP contribution is 2.23. The lowest BCUT2D eigenvalue weighted by Crippen LogP contribution is -2.39. The number of aliphatic imine (C=N–C) groups is 1. The molecule has 0 aromatic heterocycles. The second-order valence-electron chi connectivity index (χ2n) is 7.41. The van der Waals surface area contributed by atoms with Gasteiger partial charge in [0.15, 0.2) is 5.96 Å². The predicted molar refractivity (Wildman–Crippen MR) is 129 cm³/mol.